The summed E-state index contributed by atoms with van der Waals surface area (Å²) in [6.07, 6.45) is 7.74. The average Bonchev–Trinajstić information content (AvgIpc) is 4.03. The minimum atomic E-state index is -0.981. The van der Waals surface area contributed by atoms with Gasteiger partial charge < -0.3 is 19.5 Å². The Morgan fingerprint density at radius 1 is 0.645 bits per heavy atom. The molecular formula is C55H47F6N5O8S2. The number of rotatable bonds is 9. The van der Waals surface area contributed by atoms with E-state index in [-0.39, 0.29) is 64.1 Å². The molecule has 1 unspecified atom stereocenters. The number of hydrogen-bond acceptors (Lipinski definition) is 12. The molecule has 6 aromatic heterocycles. The quantitative estimate of drug-likeness (QED) is 0.0837. The molecule has 76 heavy (non-hydrogen) atoms. The van der Waals surface area contributed by atoms with Crippen LogP contribution >= 0.6 is 22.7 Å². The van der Waals surface area contributed by atoms with Crippen molar-refractivity contribution >= 4 is 62.8 Å². The monoisotopic (exact) mass is 1080 g/mol. The maximum absolute atomic E-state index is 15.7. The number of aryl methyl sites for hydroxylation is 3. The Hall–Kier alpha value is -7.65. The lowest BCUT2D eigenvalue weighted by molar-refractivity contribution is 0.0494. The molecule has 10 rings (SSSR count). The molecule has 0 fully saturated rings. The molecule has 13 nitrogen and oxygen atoms in total. The van der Waals surface area contributed by atoms with Crippen LogP contribution in [-0.2, 0) is 33.5 Å². The highest BCUT2D eigenvalue weighted by Crippen LogP contribution is 2.42. The summed E-state index contributed by atoms with van der Waals surface area (Å²) in [5.74, 6) is -6.99. The molecule has 2 aliphatic carbocycles. The summed E-state index contributed by atoms with van der Waals surface area (Å²) in [5, 5.41) is 2.40. The fourth-order valence-electron chi connectivity index (χ4n) is 9.09. The van der Waals surface area contributed by atoms with E-state index in [2.05, 4.69) is 15.3 Å². The van der Waals surface area contributed by atoms with E-state index in [1.807, 2.05) is 6.07 Å². The van der Waals surface area contributed by atoms with E-state index in [1.54, 1.807) is 40.7 Å². The number of alkyl carbamates (subject to hydrolysis) is 1. The maximum Gasteiger partial charge on any atom is 0.408 e. The number of nitrogens with zero attached hydrogens (tertiary/aromatic N) is 4. The van der Waals surface area contributed by atoms with Crippen LogP contribution < -0.4 is 16.2 Å². The van der Waals surface area contributed by atoms with Gasteiger partial charge >= 0.3 is 18.0 Å². The number of fused-ring (bicyclic) bond motifs is 4. The molecule has 8 aromatic rings. The number of hydrogen-bond donors (Lipinski definition) is 1. The van der Waals surface area contributed by atoms with Crippen LogP contribution in [0.3, 0.4) is 0 Å². The van der Waals surface area contributed by atoms with E-state index in [1.165, 1.54) is 27.6 Å². The van der Waals surface area contributed by atoms with Crippen LogP contribution in [0, 0.1) is 34.9 Å². The van der Waals surface area contributed by atoms with Gasteiger partial charge in [0.1, 0.15) is 62.7 Å². The third-order valence-electron chi connectivity index (χ3n) is 12.4. The van der Waals surface area contributed by atoms with E-state index < -0.39 is 80.5 Å². The summed E-state index contributed by atoms with van der Waals surface area (Å²) in [6.45, 7) is 8.41. The molecule has 0 bridgehead atoms. The molecule has 2 aromatic carbocycles. The van der Waals surface area contributed by atoms with Crippen LogP contribution in [0.2, 0.25) is 0 Å². The fraction of sp³-hybridized carbons (Fsp3) is 0.291. The van der Waals surface area contributed by atoms with Crippen LogP contribution in [0.15, 0.2) is 82.6 Å². The van der Waals surface area contributed by atoms with Gasteiger partial charge in [0, 0.05) is 34.3 Å². The molecule has 21 heteroatoms. The Labute approximate surface area is 437 Å². The first kappa shape index (κ1) is 53.2. The second kappa shape index (κ2) is 21.5. The number of esters is 2. The predicted molar refractivity (Wildman–Crippen MR) is 275 cm³/mol. The number of amides is 1. The second-order valence-electron chi connectivity index (χ2n) is 18.9. The summed E-state index contributed by atoms with van der Waals surface area (Å²) in [4.78, 5) is 75.7. The first-order chi connectivity index (χ1) is 36.2. The third-order valence-corrected chi connectivity index (χ3v) is 15.0. The summed E-state index contributed by atoms with van der Waals surface area (Å²) in [7, 11) is 0. The molecule has 0 spiro atoms. The number of thiophene rings is 2. The predicted octanol–water partition coefficient (Wildman–Crippen LogP) is 12.2. The number of nitrogens with one attached hydrogen (secondary N) is 1. The molecule has 1 N–H and O–H groups in total. The second-order valence-corrected chi connectivity index (χ2v) is 21.1. The zero-order chi connectivity index (χ0) is 54.3. The molecule has 0 radical (unpaired) electrons. The van der Waals surface area contributed by atoms with Gasteiger partial charge in [0.15, 0.2) is 11.6 Å². The van der Waals surface area contributed by atoms with Gasteiger partial charge in [-0.2, -0.15) is 0 Å². The van der Waals surface area contributed by atoms with Crippen LogP contribution in [0.1, 0.15) is 108 Å². The molecule has 0 saturated heterocycles. The topological polar surface area (TPSA) is 161 Å². The third kappa shape index (κ3) is 10.8. The number of benzene rings is 2. The van der Waals surface area contributed by atoms with E-state index in [4.69, 9.17) is 14.2 Å². The zero-order valence-corrected chi connectivity index (χ0v) is 43.1. The minimum Gasteiger partial charge on any atom is -0.462 e. The lowest BCUT2D eigenvalue weighted by Crippen LogP contribution is -2.35. The number of pyridine rings is 4. The molecule has 0 aliphatic heterocycles. The van der Waals surface area contributed by atoms with Crippen molar-refractivity contribution in [3.63, 3.8) is 0 Å². The maximum atomic E-state index is 15.7. The van der Waals surface area contributed by atoms with Gasteiger partial charge in [0.05, 0.1) is 51.2 Å². The highest BCUT2D eigenvalue weighted by molar-refractivity contribution is 7.16. The smallest absolute Gasteiger partial charge is 0.408 e. The van der Waals surface area contributed by atoms with E-state index in [0.29, 0.717) is 34.7 Å². The Bertz CT molecular complexity index is 3750. The van der Waals surface area contributed by atoms with Crippen molar-refractivity contribution < 1.29 is 54.9 Å². The summed E-state index contributed by atoms with van der Waals surface area (Å²) < 4.78 is 105. The Morgan fingerprint density at radius 3 is 1.62 bits per heavy atom. The molecule has 394 valence electrons. The molecule has 2 aliphatic rings. The molecular weight excluding hydrogens is 1040 g/mol. The first-order valence-electron chi connectivity index (χ1n) is 24.2. The zero-order valence-electron chi connectivity index (χ0n) is 41.5. The fourth-order valence-corrected chi connectivity index (χ4v) is 11.6. The molecule has 1 amide bonds. The molecule has 1 atom stereocenters. The molecule has 0 saturated carbocycles. The van der Waals surface area contributed by atoms with E-state index >= 15 is 8.78 Å². The van der Waals surface area contributed by atoms with E-state index in [0.717, 1.165) is 106 Å². The van der Waals surface area contributed by atoms with Crippen molar-refractivity contribution in [1.29, 1.82) is 0 Å². The standard InChI is InChI=1S/C30H28F3N3O5S.C25H19F3N2O3S/c1-5-40-28(38)18-14-36(22-10-9-16(31)12-19(22)32)27-17(25(18)37)13-20(33)24(35-27)23-11-15-7-6-8-21(26(15)42-23)34-29(39)41-30(2,3)4;1-2-33-25(32)16-12-30(19-8-7-14(26)10-17(19)27)24-15(23(16)31)11-18(28)22(29-24)21-9-13-5-3-4-6-20(13)34-21/h9-14,21H,5-8H2,1-4H3,(H,34,39);7-12H,2-6H2,1H3. The van der Waals surface area contributed by atoms with Crippen molar-refractivity contribution in [3.05, 3.63) is 160 Å². The highest BCUT2D eigenvalue weighted by atomic mass is 32.1. The van der Waals surface area contributed by atoms with Crippen molar-refractivity contribution in [3.8, 4) is 32.5 Å². The van der Waals surface area contributed by atoms with Crippen LogP contribution in [0.25, 0.3) is 54.6 Å². The number of carbonyl (C=O) groups excluding carboxylic acids is 3. The number of halogens is 6. The van der Waals surface area contributed by atoms with Crippen molar-refractivity contribution in [2.24, 2.45) is 0 Å². The van der Waals surface area contributed by atoms with Gasteiger partial charge in [-0.25, -0.2) is 50.7 Å². The normalized spacial score (nSPS) is 14.1. The minimum absolute atomic E-state index is 0.00974. The van der Waals surface area contributed by atoms with Gasteiger partial charge in [0.2, 0.25) is 10.9 Å². The van der Waals surface area contributed by atoms with E-state index in [9.17, 15) is 41.5 Å². The Balaban J connectivity index is 0.000000190. The van der Waals surface area contributed by atoms with Crippen molar-refractivity contribution in [2.75, 3.05) is 13.2 Å². The Kier molecular flexibility index (Phi) is 15.1. The Morgan fingerprint density at radius 2 is 1.13 bits per heavy atom. The average molecular weight is 1080 g/mol. The van der Waals surface area contributed by atoms with Crippen LogP contribution in [0.4, 0.5) is 31.1 Å². The van der Waals surface area contributed by atoms with Gasteiger partial charge in [-0.1, -0.05) is 0 Å². The van der Waals surface area contributed by atoms with Crippen molar-refractivity contribution in [2.45, 2.75) is 91.2 Å². The number of carbonyl (C=O) groups is 3. The summed E-state index contributed by atoms with van der Waals surface area (Å²) in [5.41, 5.74) is -1.68. The van der Waals surface area contributed by atoms with Crippen LogP contribution in [-0.4, -0.2) is 55.9 Å². The largest absolute Gasteiger partial charge is 0.462 e. The highest BCUT2D eigenvalue weighted by Gasteiger charge is 2.30. The number of ether oxygens (including phenoxy) is 3. The number of aromatic nitrogens is 4. The van der Waals surface area contributed by atoms with Gasteiger partial charge in [-0.15, -0.1) is 22.7 Å². The summed E-state index contributed by atoms with van der Waals surface area (Å²) in [6, 6.07) is 11.0. The lowest BCUT2D eigenvalue weighted by atomic mass is 9.94. The first-order valence-corrected chi connectivity index (χ1v) is 25.9. The van der Waals surface area contributed by atoms with Gasteiger partial charge in [0.25, 0.3) is 0 Å². The summed E-state index contributed by atoms with van der Waals surface area (Å²) >= 11 is 2.70. The van der Waals surface area contributed by atoms with Gasteiger partial charge in [-0.3, -0.25) is 18.7 Å². The molecule has 6 heterocycles. The SMILES string of the molecule is CCOC(=O)c1cn(-c2ccc(F)cc2F)c2nc(-c3cc4c(s3)C(NC(=O)OC(C)(C)C)CCC4)c(F)cc2c1=O.CCOC(=O)c1cn(-c2ccc(F)cc2F)c2nc(-c3cc4c(s3)CCCC4)c(F)cc2c1=O. The van der Waals surface area contributed by atoms with Crippen LogP contribution in [0.5, 0.6) is 0 Å². The van der Waals surface area contributed by atoms with Crippen molar-refractivity contribution in [1.82, 2.24) is 24.4 Å². The lowest BCUT2D eigenvalue weighted by Gasteiger charge is -2.26. The van der Waals surface area contributed by atoms with Gasteiger partial charge in [-0.05, 0) is 139 Å².